The molecule has 0 saturated carbocycles. The standard InChI is InChI=1S/C26H24FN5O/c1-4-17(2)20(15-32-16-31-24-6-5-13-30-26(24)32)8-7-18(3)22(14-23(28)25(29)33)19-9-11-21(27)12-10-19/h1,5-14,16-17,28H,15H2,2-3H3,(H2,29,33)/b18-7+,20-8-,22-14+,28-23?. The fraction of sp³-hybridized carbons (Fsp3) is 0.154. The lowest BCUT2D eigenvalue weighted by molar-refractivity contribution is -0.111. The summed E-state index contributed by atoms with van der Waals surface area (Å²) in [5, 5.41) is 7.87. The summed E-state index contributed by atoms with van der Waals surface area (Å²) >= 11 is 0. The minimum atomic E-state index is -0.848. The molecule has 0 radical (unpaired) electrons. The molecule has 0 saturated heterocycles. The van der Waals surface area contributed by atoms with Crippen molar-refractivity contribution in [1.29, 1.82) is 5.41 Å². The van der Waals surface area contributed by atoms with Crippen molar-refractivity contribution in [3.8, 4) is 12.3 Å². The zero-order valence-corrected chi connectivity index (χ0v) is 18.4. The second-order valence-corrected chi connectivity index (χ2v) is 7.54. The zero-order chi connectivity index (χ0) is 24.0. The fourth-order valence-corrected chi connectivity index (χ4v) is 3.24. The third kappa shape index (κ3) is 5.69. The fourth-order valence-electron chi connectivity index (χ4n) is 3.24. The largest absolute Gasteiger partial charge is 0.364 e. The second-order valence-electron chi connectivity index (χ2n) is 7.54. The summed E-state index contributed by atoms with van der Waals surface area (Å²) in [4.78, 5) is 20.2. The summed E-state index contributed by atoms with van der Waals surface area (Å²) < 4.78 is 15.4. The molecule has 1 atom stereocenters. The highest BCUT2D eigenvalue weighted by Gasteiger charge is 2.12. The van der Waals surface area contributed by atoms with Crippen LogP contribution in [-0.4, -0.2) is 26.2 Å². The van der Waals surface area contributed by atoms with Crippen molar-refractivity contribution in [3.63, 3.8) is 0 Å². The third-order valence-electron chi connectivity index (χ3n) is 5.22. The van der Waals surface area contributed by atoms with Crippen LogP contribution >= 0.6 is 0 Å². The van der Waals surface area contributed by atoms with Crippen molar-refractivity contribution in [1.82, 2.24) is 14.5 Å². The van der Waals surface area contributed by atoms with Gasteiger partial charge in [0, 0.05) is 18.7 Å². The Labute approximate surface area is 191 Å². The van der Waals surface area contributed by atoms with E-state index in [2.05, 4.69) is 15.9 Å². The number of allylic oxidation sites excluding steroid dienone is 5. The first-order valence-corrected chi connectivity index (χ1v) is 10.3. The topological polar surface area (TPSA) is 97.7 Å². The number of halogens is 1. The summed E-state index contributed by atoms with van der Waals surface area (Å²) in [6.45, 7) is 4.27. The van der Waals surface area contributed by atoms with Crippen LogP contribution in [-0.2, 0) is 11.3 Å². The maximum absolute atomic E-state index is 13.4. The number of nitrogens with two attached hydrogens (primary N) is 1. The summed E-state index contributed by atoms with van der Waals surface area (Å²) in [5.74, 6) is 1.38. The van der Waals surface area contributed by atoms with Crippen molar-refractivity contribution >= 4 is 28.4 Å². The Hall–Kier alpha value is -4.31. The first-order valence-electron chi connectivity index (χ1n) is 10.3. The van der Waals surface area contributed by atoms with Gasteiger partial charge in [-0.2, -0.15) is 0 Å². The minimum Gasteiger partial charge on any atom is -0.364 e. The predicted octanol–water partition coefficient (Wildman–Crippen LogP) is 4.30. The monoisotopic (exact) mass is 441 g/mol. The number of amides is 1. The smallest absolute Gasteiger partial charge is 0.266 e. The number of hydrogen-bond donors (Lipinski definition) is 2. The lowest BCUT2D eigenvalue weighted by Gasteiger charge is -2.13. The highest BCUT2D eigenvalue weighted by atomic mass is 19.1. The molecule has 6 nitrogen and oxygen atoms in total. The second kappa shape index (κ2) is 10.3. The lowest BCUT2D eigenvalue weighted by Crippen LogP contribution is -2.20. The average molecular weight is 442 g/mol. The number of rotatable bonds is 8. The Balaban J connectivity index is 2.01. The molecule has 3 N–H and O–H groups in total. The van der Waals surface area contributed by atoms with Crippen LogP contribution in [0.4, 0.5) is 4.39 Å². The van der Waals surface area contributed by atoms with Crippen LogP contribution in [0.15, 0.2) is 78.3 Å². The molecule has 0 aliphatic rings. The van der Waals surface area contributed by atoms with E-state index in [4.69, 9.17) is 17.6 Å². The predicted molar refractivity (Wildman–Crippen MR) is 129 cm³/mol. The number of benzene rings is 1. The number of terminal acetylenes is 1. The van der Waals surface area contributed by atoms with Gasteiger partial charge in [0.25, 0.3) is 5.91 Å². The first kappa shape index (κ1) is 23.4. The Bertz CT molecular complexity index is 1320. The zero-order valence-electron chi connectivity index (χ0n) is 18.4. The summed E-state index contributed by atoms with van der Waals surface area (Å²) in [7, 11) is 0. The van der Waals surface area contributed by atoms with E-state index in [9.17, 15) is 9.18 Å². The van der Waals surface area contributed by atoms with Gasteiger partial charge < -0.3 is 10.3 Å². The van der Waals surface area contributed by atoms with Crippen LogP contribution in [0, 0.1) is 29.5 Å². The van der Waals surface area contributed by atoms with E-state index in [1.165, 1.54) is 18.2 Å². The van der Waals surface area contributed by atoms with Gasteiger partial charge >= 0.3 is 0 Å². The Morgan fingerprint density at radius 3 is 2.67 bits per heavy atom. The van der Waals surface area contributed by atoms with Crippen LogP contribution in [0.25, 0.3) is 16.7 Å². The van der Waals surface area contributed by atoms with Gasteiger partial charge in [-0.05, 0) is 66.5 Å². The van der Waals surface area contributed by atoms with Crippen LogP contribution in [0.1, 0.15) is 19.4 Å². The van der Waals surface area contributed by atoms with Gasteiger partial charge in [0.1, 0.15) is 17.0 Å². The normalized spacial score (nSPS) is 13.6. The van der Waals surface area contributed by atoms with Crippen LogP contribution in [0.3, 0.4) is 0 Å². The highest BCUT2D eigenvalue weighted by Crippen LogP contribution is 2.25. The van der Waals surface area contributed by atoms with E-state index in [1.54, 1.807) is 24.7 Å². The van der Waals surface area contributed by atoms with Gasteiger partial charge in [-0.15, -0.1) is 6.42 Å². The third-order valence-corrected chi connectivity index (χ3v) is 5.22. The lowest BCUT2D eigenvalue weighted by atomic mass is 9.95. The van der Waals surface area contributed by atoms with Crippen molar-refractivity contribution in [3.05, 3.63) is 89.7 Å². The molecule has 7 heteroatoms. The molecule has 1 amide bonds. The highest BCUT2D eigenvalue weighted by molar-refractivity contribution is 6.42. The molecule has 1 aromatic carbocycles. The molecule has 3 aromatic rings. The van der Waals surface area contributed by atoms with Crippen molar-refractivity contribution < 1.29 is 9.18 Å². The molecule has 2 aromatic heterocycles. The van der Waals surface area contributed by atoms with E-state index < -0.39 is 5.91 Å². The van der Waals surface area contributed by atoms with Gasteiger partial charge in [0.05, 0.1) is 6.33 Å². The molecule has 0 aliphatic heterocycles. The molecule has 3 rings (SSSR count). The molecule has 0 bridgehead atoms. The number of pyridine rings is 1. The van der Waals surface area contributed by atoms with Gasteiger partial charge in [-0.25, -0.2) is 14.4 Å². The van der Waals surface area contributed by atoms with Crippen LogP contribution in [0.2, 0.25) is 0 Å². The number of primary amides is 1. The Kier molecular flexibility index (Phi) is 7.31. The summed E-state index contributed by atoms with van der Waals surface area (Å²) in [5.41, 5.74) is 9.39. The number of hydrogen-bond acceptors (Lipinski definition) is 4. The maximum Gasteiger partial charge on any atom is 0.266 e. The van der Waals surface area contributed by atoms with Gasteiger partial charge in [0.2, 0.25) is 0 Å². The molecular weight excluding hydrogens is 417 g/mol. The Morgan fingerprint density at radius 1 is 1.27 bits per heavy atom. The first-order chi connectivity index (χ1) is 15.8. The van der Waals surface area contributed by atoms with E-state index in [0.717, 1.165) is 22.3 Å². The number of aromatic nitrogens is 3. The summed E-state index contributed by atoms with van der Waals surface area (Å²) in [6, 6.07) is 9.55. The van der Waals surface area contributed by atoms with Crippen LogP contribution < -0.4 is 5.73 Å². The minimum absolute atomic E-state index is 0.155. The molecule has 1 unspecified atom stereocenters. The van der Waals surface area contributed by atoms with E-state index in [-0.39, 0.29) is 17.4 Å². The maximum atomic E-state index is 13.4. The van der Waals surface area contributed by atoms with Crippen molar-refractivity contribution in [2.45, 2.75) is 20.4 Å². The molecule has 166 valence electrons. The molecule has 0 fully saturated rings. The number of imidazole rings is 1. The van der Waals surface area contributed by atoms with E-state index in [1.807, 2.05) is 42.7 Å². The molecule has 2 heterocycles. The molecule has 0 aliphatic carbocycles. The van der Waals surface area contributed by atoms with Gasteiger partial charge in [-0.3, -0.25) is 10.2 Å². The van der Waals surface area contributed by atoms with E-state index in [0.29, 0.717) is 17.7 Å². The number of carbonyl (C=O) groups is 1. The SMILES string of the molecule is C#CC(C)\C(=C/C=C(C)/C(=C\C(=N)C(N)=O)c1ccc(F)cc1)Cn1cnc2cccnc21. The van der Waals surface area contributed by atoms with Crippen molar-refractivity contribution in [2.24, 2.45) is 11.7 Å². The number of fused-ring (bicyclic) bond motifs is 1. The molecule has 33 heavy (non-hydrogen) atoms. The van der Waals surface area contributed by atoms with Gasteiger partial charge in [0.15, 0.2) is 5.65 Å². The van der Waals surface area contributed by atoms with Crippen molar-refractivity contribution in [2.75, 3.05) is 0 Å². The number of nitrogens with one attached hydrogen (secondary N) is 1. The molecular formula is C26H24FN5O. The Morgan fingerprint density at radius 2 is 2.00 bits per heavy atom. The quantitative estimate of drug-likeness (QED) is 0.310. The number of nitrogens with zero attached hydrogens (tertiary/aromatic N) is 3. The van der Waals surface area contributed by atoms with E-state index >= 15 is 0 Å². The van der Waals surface area contributed by atoms with Crippen LogP contribution in [0.5, 0.6) is 0 Å². The average Bonchev–Trinajstić information content (AvgIpc) is 3.22. The van der Waals surface area contributed by atoms with Gasteiger partial charge in [-0.1, -0.05) is 30.2 Å². The number of carbonyl (C=O) groups excluding carboxylic acids is 1. The molecule has 0 spiro atoms. The summed E-state index contributed by atoms with van der Waals surface area (Å²) in [6.07, 6.45) is 14.3.